The molecule has 4 nitrogen and oxygen atoms in total. The Morgan fingerprint density at radius 2 is 1.89 bits per heavy atom. The molecule has 1 rings (SSSR count). The SMILES string of the molecule is COC(=O)CCC(=NNc1ccccc1)C(F)(F)F. The quantitative estimate of drug-likeness (QED) is 0.510. The normalized spacial score (nSPS) is 12.1. The number of alkyl halides is 3. The number of nitrogens with one attached hydrogen (secondary N) is 1. The molecule has 0 saturated carbocycles. The topological polar surface area (TPSA) is 50.7 Å². The van der Waals surface area contributed by atoms with Gasteiger partial charge >= 0.3 is 12.1 Å². The fourth-order valence-corrected chi connectivity index (χ4v) is 1.23. The zero-order valence-electron chi connectivity index (χ0n) is 10.2. The van der Waals surface area contributed by atoms with E-state index in [2.05, 4.69) is 15.3 Å². The van der Waals surface area contributed by atoms with Crippen LogP contribution in [0.3, 0.4) is 0 Å². The standard InChI is InChI=1S/C12H13F3N2O2/c1-19-11(18)8-7-10(12(13,14)15)17-16-9-5-3-2-4-6-9/h2-6,16H,7-8H2,1H3. The van der Waals surface area contributed by atoms with Gasteiger partial charge in [-0.25, -0.2) is 0 Å². The number of methoxy groups -OCH3 is 1. The van der Waals surface area contributed by atoms with Crippen molar-refractivity contribution in [1.29, 1.82) is 0 Å². The lowest BCUT2D eigenvalue weighted by Crippen LogP contribution is -2.25. The first-order valence-corrected chi connectivity index (χ1v) is 5.45. The lowest BCUT2D eigenvalue weighted by molar-refractivity contribution is -0.140. The summed E-state index contributed by atoms with van der Waals surface area (Å²) in [5, 5.41) is 3.31. The molecule has 0 saturated heterocycles. The number of para-hydroxylation sites is 1. The number of carbonyl (C=O) groups excluding carboxylic acids is 1. The van der Waals surface area contributed by atoms with E-state index in [-0.39, 0.29) is 6.42 Å². The van der Waals surface area contributed by atoms with Gasteiger partial charge in [-0.05, 0) is 12.1 Å². The van der Waals surface area contributed by atoms with E-state index in [9.17, 15) is 18.0 Å². The van der Waals surface area contributed by atoms with Gasteiger partial charge in [-0.1, -0.05) is 18.2 Å². The van der Waals surface area contributed by atoms with Gasteiger partial charge in [0, 0.05) is 6.42 Å². The predicted molar refractivity (Wildman–Crippen MR) is 64.8 cm³/mol. The van der Waals surface area contributed by atoms with E-state index in [4.69, 9.17) is 0 Å². The van der Waals surface area contributed by atoms with Crippen molar-refractivity contribution in [1.82, 2.24) is 0 Å². The van der Waals surface area contributed by atoms with Crippen LogP contribution in [0.1, 0.15) is 12.8 Å². The molecule has 19 heavy (non-hydrogen) atoms. The molecule has 0 radical (unpaired) electrons. The van der Waals surface area contributed by atoms with Gasteiger partial charge in [-0.3, -0.25) is 10.2 Å². The Morgan fingerprint density at radius 1 is 1.26 bits per heavy atom. The van der Waals surface area contributed by atoms with Crippen molar-refractivity contribution in [2.45, 2.75) is 19.0 Å². The van der Waals surface area contributed by atoms with Crippen molar-refractivity contribution in [2.24, 2.45) is 5.10 Å². The van der Waals surface area contributed by atoms with Crippen LogP contribution in [0.4, 0.5) is 18.9 Å². The summed E-state index contributed by atoms with van der Waals surface area (Å²) in [5.41, 5.74) is 1.69. The van der Waals surface area contributed by atoms with E-state index in [1.54, 1.807) is 30.3 Å². The number of hydrogen-bond donors (Lipinski definition) is 1. The molecule has 0 aliphatic rings. The fourth-order valence-electron chi connectivity index (χ4n) is 1.23. The third-order valence-electron chi connectivity index (χ3n) is 2.21. The first kappa shape index (κ1) is 15.0. The molecule has 1 aromatic rings. The van der Waals surface area contributed by atoms with E-state index >= 15 is 0 Å². The summed E-state index contributed by atoms with van der Waals surface area (Å²) in [5.74, 6) is -0.711. The highest BCUT2D eigenvalue weighted by molar-refractivity contribution is 5.92. The third kappa shape index (κ3) is 5.41. The molecule has 0 atom stereocenters. The van der Waals surface area contributed by atoms with Crippen LogP contribution in [-0.4, -0.2) is 25.0 Å². The number of esters is 1. The number of nitrogens with zero attached hydrogens (tertiary/aromatic N) is 1. The molecular weight excluding hydrogens is 261 g/mol. The van der Waals surface area contributed by atoms with Crippen LogP contribution in [0.15, 0.2) is 35.4 Å². The van der Waals surface area contributed by atoms with Crippen LogP contribution in [0, 0.1) is 0 Å². The molecule has 104 valence electrons. The van der Waals surface area contributed by atoms with E-state index in [1.165, 1.54) is 0 Å². The van der Waals surface area contributed by atoms with Gasteiger partial charge in [0.15, 0.2) is 0 Å². The molecule has 0 bridgehead atoms. The van der Waals surface area contributed by atoms with Gasteiger partial charge in [0.1, 0.15) is 5.71 Å². The van der Waals surface area contributed by atoms with Crippen molar-refractivity contribution < 1.29 is 22.7 Å². The van der Waals surface area contributed by atoms with Crippen LogP contribution in [-0.2, 0) is 9.53 Å². The van der Waals surface area contributed by atoms with Crippen molar-refractivity contribution in [3.8, 4) is 0 Å². The molecule has 0 fully saturated rings. The zero-order chi connectivity index (χ0) is 14.3. The molecule has 0 unspecified atom stereocenters. The van der Waals surface area contributed by atoms with Gasteiger partial charge in [0.2, 0.25) is 0 Å². The van der Waals surface area contributed by atoms with Gasteiger partial charge in [-0.2, -0.15) is 18.3 Å². The number of anilines is 1. The number of carbonyl (C=O) groups is 1. The smallest absolute Gasteiger partial charge is 0.431 e. The van der Waals surface area contributed by atoms with E-state index in [1.807, 2.05) is 0 Å². The molecule has 0 aromatic heterocycles. The molecule has 0 aliphatic carbocycles. The molecule has 0 aliphatic heterocycles. The second-order valence-electron chi connectivity index (χ2n) is 3.61. The largest absolute Gasteiger partial charge is 0.469 e. The van der Waals surface area contributed by atoms with Crippen LogP contribution >= 0.6 is 0 Å². The second-order valence-corrected chi connectivity index (χ2v) is 3.61. The molecule has 0 spiro atoms. The highest BCUT2D eigenvalue weighted by atomic mass is 19.4. The number of hydrazone groups is 1. The lowest BCUT2D eigenvalue weighted by Gasteiger charge is -2.10. The number of halogens is 3. The predicted octanol–water partition coefficient (Wildman–Crippen LogP) is 2.97. The lowest BCUT2D eigenvalue weighted by atomic mass is 10.2. The van der Waals surface area contributed by atoms with Crippen LogP contribution < -0.4 is 5.43 Å². The van der Waals surface area contributed by atoms with Gasteiger partial charge in [-0.15, -0.1) is 0 Å². The summed E-state index contributed by atoms with van der Waals surface area (Å²) in [7, 11) is 1.12. The van der Waals surface area contributed by atoms with Gasteiger partial charge in [0.05, 0.1) is 19.2 Å². The summed E-state index contributed by atoms with van der Waals surface area (Å²) in [6.45, 7) is 0. The van der Waals surface area contributed by atoms with Crippen molar-refractivity contribution in [3.63, 3.8) is 0 Å². The van der Waals surface area contributed by atoms with Crippen LogP contribution in [0.5, 0.6) is 0 Å². The van der Waals surface area contributed by atoms with E-state index in [0.717, 1.165) is 7.11 Å². The average Bonchev–Trinajstić information content (AvgIpc) is 2.38. The number of rotatable bonds is 5. The Labute approximate surface area is 108 Å². The Bertz CT molecular complexity index is 444. The van der Waals surface area contributed by atoms with E-state index in [0.29, 0.717) is 5.69 Å². The number of ether oxygens (including phenoxy) is 1. The van der Waals surface area contributed by atoms with Crippen molar-refractivity contribution in [3.05, 3.63) is 30.3 Å². The summed E-state index contributed by atoms with van der Waals surface area (Å²) in [6, 6.07) is 8.23. The fraction of sp³-hybridized carbons (Fsp3) is 0.333. The second kappa shape index (κ2) is 6.77. The molecular formula is C12H13F3N2O2. The number of hydrogen-bond acceptors (Lipinski definition) is 4. The first-order valence-electron chi connectivity index (χ1n) is 5.45. The van der Waals surface area contributed by atoms with Gasteiger partial charge < -0.3 is 4.74 Å². The Balaban J connectivity index is 2.71. The molecule has 0 heterocycles. The highest BCUT2D eigenvalue weighted by Gasteiger charge is 2.35. The van der Waals surface area contributed by atoms with Crippen LogP contribution in [0.2, 0.25) is 0 Å². The minimum absolute atomic E-state index is 0.370. The van der Waals surface area contributed by atoms with Crippen molar-refractivity contribution >= 4 is 17.4 Å². The maximum absolute atomic E-state index is 12.7. The van der Waals surface area contributed by atoms with Crippen LogP contribution in [0.25, 0.3) is 0 Å². The molecule has 1 aromatic carbocycles. The molecule has 0 amide bonds. The molecule has 1 N–H and O–H groups in total. The summed E-state index contributed by atoms with van der Waals surface area (Å²) in [6.07, 6.45) is -5.49. The number of benzene rings is 1. The minimum atomic E-state index is -4.59. The summed E-state index contributed by atoms with van der Waals surface area (Å²) >= 11 is 0. The monoisotopic (exact) mass is 274 g/mol. The third-order valence-corrected chi connectivity index (χ3v) is 2.21. The highest BCUT2D eigenvalue weighted by Crippen LogP contribution is 2.21. The maximum Gasteiger partial charge on any atom is 0.431 e. The Kier molecular flexibility index (Phi) is 5.35. The Hall–Kier alpha value is -2.05. The average molecular weight is 274 g/mol. The Morgan fingerprint density at radius 3 is 2.42 bits per heavy atom. The summed E-state index contributed by atoms with van der Waals surface area (Å²) < 4.78 is 42.3. The summed E-state index contributed by atoms with van der Waals surface area (Å²) in [4.78, 5) is 10.9. The molecule has 7 heteroatoms. The minimum Gasteiger partial charge on any atom is -0.469 e. The maximum atomic E-state index is 12.7. The van der Waals surface area contributed by atoms with Crippen molar-refractivity contribution in [2.75, 3.05) is 12.5 Å². The van der Waals surface area contributed by atoms with Gasteiger partial charge in [0.25, 0.3) is 0 Å². The first-order chi connectivity index (χ1) is 8.93. The zero-order valence-corrected chi connectivity index (χ0v) is 10.2. The van der Waals surface area contributed by atoms with E-state index < -0.39 is 24.3 Å².